The van der Waals surface area contributed by atoms with Gasteiger partial charge in [0, 0.05) is 22.9 Å². The monoisotopic (exact) mass is 247 g/mol. The molecule has 0 fully saturated rings. The first-order valence-electron chi connectivity index (χ1n) is 5.33. The van der Waals surface area contributed by atoms with Gasteiger partial charge in [-0.3, -0.25) is 9.89 Å². The van der Waals surface area contributed by atoms with E-state index in [4.69, 9.17) is 11.6 Å². The Labute approximate surface area is 103 Å². The summed E-state index contributed by atoms with van der Waals surface area (Å²) in [5.41, 5.74) is 1.95. The molecule has 2 aromatic rings. The van der Waals surface area contributed by atoms with Crippen LogP contribution in [0.1, 0.15) is 23.5 Å². The lowest BCUT2D eigenvalue weighted by atomic mass is 9.87. The number of nitrogens with one attached hydrogen (secondary N) is 2. The Morgan fingerprint density at radius 3 is 2.94 bits per heavy atom. The third-order valence-electron chi connectivity index (χ3n) is 2.98. The van der Waals surface area contributed by atoms with Crippen molar-refractivity contribution >= 4 is 23.3 Å². The van der Waals surface area contributed by atoms with Gasteiger partial charge in [-0.25, -0.2) is 0 Å². The summed E-state index contributed by atoms with van der Waals surface area (Å²) >= 11 is 6.18. The molecule has 1 aromatic carbocycles. The van der Waals surface area contributed by atoms with Crippen LogP contribution in [0, 0.1) is 0 Å². The van der Waals surface area contributed by atoms with Crippen molar-refractivity contribution in [2.45, 2.75) is 12.3 Å². The van der Waals surface area contributed by atoms with Crippen LogP contribution in [-0.4, -0.2) is 16.1 Å². The van der Waals surface area contributed by atoms with Crippen LogP contribution in [-0.2, 0) is 4.79 Å². The summed E-state index contributed by atoms with van der Waals surface area (Å²) in [6.07, 6.45) is 2.14. The first kappa shape index (κ1) is 10.4. The Balaban J connectivity index is 2.11. The molecule has 5 heteroatoms. The zero-order valence-corrected chi connectivity index (χ0v) is 9.66. The van der Waals surface area contributed by atoms with Crippen LogP contribution >= 0.6 is 11.6 Å². The summed E-state index contributed by atoms with van der Waals surface area (Å²) in [6.45, 7) is 0. The van der Waals surface area contributed by atoms with E-state index in [0.29, 0.717) is 17.3 Å². The van der Waals surface area contributed by atoms with Gasteiger partial charge in [0.2, 0.25) is 5.91 Å². The van der Waals surface area contributed by atoms with Gasteiger partial charge in [-0.15, -0.1) is 0 Å². The molecule has 4 nitrogen and oxygen atoms in total. The van der Waals surface area contributed by atoms with E-state index < -0.39 is 0 Å². The highest BCUT2D eigenvalue weighted by Gasteiger charge is 2.29. The maximum absolute atomic E-state index is 11.6. The molecule has 3 rings (SSSR count). The number of aromatic amines is 1. The second-order valence-corrected chi connectivity index (χ2v) is 4.43. The molecule has 0 unspecified atom stereocenters. The molecule has 2 N–H and O–H groups in total. The van der Waals surface area contributed by atoms with Crippen molar-refractivity contribution in [3.63, 3.8) is 0 Å². The molecule has 0 saturated heterocycles. The Morgan fingerprint density at radius 2 is 2.12 bits per heavy atom. The quantitative estimate of drug-likeness (QED) is 0.814. The maximum Gasteiger partial charge on any atom is 0.226 e. The average Bonchev–Trinajstić information content (AvgIpc) is 2.76. The zero-order valence-electron chi connectivity index (χ0n) is 8.90. The van der Waals surface area contributed by atoms with E-state index in [-0.39, 0.29) is 11.8 Å². The lowest BCUT2D eigenvalue weighted by Crippen LogP contribution is -2.23. The molecular formula is C12H10ClN3O. The predicted molar refractivity (Wildman–Crippen MR) is 65.1 cm³/mol. The van der Waals surface area contributed by atoms with Gasteiger partial charge in [-0.2, -0.15) is 5.10 Å². The molecule has 86 valence electrons. The van der Waals surface area contributed by atoms with E-state index >= 15 is 0 Å². The van der Waals surface area contributed by atoms with E-state index in [9.17, 15) is 4.79 Å². The molecule has 0 bridgehead atoms. The number of rotatable bonds is 1. The zero-order chi connectivity index (χ0) is 11.8. The number of H-pyrrole nitrogens is 1. The number of amides is 1. The molecule has 2 heterocycles. The average molecular weight is 248 g/mol. The number of carbonyl (C=O) groups is 1. The normalized spacial score (nSPS) is 18.6. The third kappa shape index (κ3) is 1.70. The number of hydrogen-bond donors (Lipinski definition) is 2. The lowest BCUT2D eigenvalue weighted by Gasteiger charge is -2.22. The molecule has 1 aliphatic rings. The SMILES string of the molecule is O=C1C[C@@H](c2ccccc2Cl)c2cn[nH]c2N1. The largest absolute Gasteiger partial charge is 0.311 e. The van der Waals surface area contributed by atoms with E-state index in [1.54, 1.807) is 6.20 Å². The minimum atomic E-state index is -0.0220. The summed E-state index contributed by atoms with van der Waals surface area (Å²) in [5, 5.41) is 10.2. The van der Waals surface area contributed by atoms with E-state index in [2.05, 4.69) is 15.5 Å². The van der Waals surface area contributed by atoms with Crippen molar-refractivity contribution in [3.05, 3.63) is 46.6 Å². The fourth-order valence-corrected chi connectivity index (χ4v) is 2.45. The first-order valence-corrected chi connectivity index (χ1v) is 5.71. The van der Waals surface area contributed by atoms with Gasteiger partial charge in [0.1, 0.15) is 5.82 Å². The third-order valence-corrected chi connectivity index (χ3v) is 3.32. The van der Waals surface area contributed by atoms with Gasteiger partial charge in [-0.1, -0.05) is 29.8 Å². The summed E-state index contributed by atoms with van der Waals surface area (Å²) in [4.78, 5) is 11.6. The van der Waals surface area contributed by atoms with Crippen LogP contribution in [0.5, 0.6) is 0 Å². The van der Waals surface area contributed by atoms with E-state index in [1.165, 1.54) is 0 Å². The van der Waals surface area contributed by atoms with Crippen LogP contribution < -0.4 is 5.32 Å². The highest BCUT2D eigenvalue weighted by Crippen LogP contribution is 2.38. The fraction of sp³-hybridized carbons (Fsp3) is 0.167. The van der Waals surface area contributed by atoms with Crippen LogP contribution in [0.4, 0.5) is 5.82 Å². The number of nitrogens with zero attached hydrogens (tertiary/aromatic N) is 1. The second-order valence-electron chi connectivity index (χ2n) is 4.03. The van der Waals surface area contributed by atoms with Crippen molar-refractivity contribution in [1.29, 1.82) is 0 Å². The molecule has 1 amide bonds. The standard InChI is InChI=1S/C12H10ClN3O/c13-10-4-2-1-3-7(10)8-5-11(17)15-12-9(8)6-14-16-12/h1-4,6,8H,5H2,(H2,14,15,16,17)/t8-/m0/s1. The number of aromatic nitrogens is 2. The fourth-order valence-electron chi connectivity index (χ4n) is 2.18. The molecule has 1 atom stereocenters. The smallest absolute Gasteiger partial charge is 0.226 e. The topological polar surface area (TPSA) is 57.8 Å². The number of anilines is 1. The highest BCUT2D eigenvalue weighted by atomic mass is 35.5. The minimum Gasteiger partial charge on any atom is -0.311 e. The predicted octanol–water partition coefficient (Wildman–Crippen LogP) is 2.54. The van der Waals surface area contributed by atoms with Gasteiger partial charge in [0.05, 0.1) is 6.20 Å². The van der Waals surface area contributed by atoms with Crippen molar-refractivity contribution in [3.8, 4) is 0 Å². The van der Waals surface area contributed by atoms with Crippen LogP contribution in [0.3, 0.4) is 0 Å². The number of benzene rings is 1. The van der Waals surface area contributed by atoms with Crippen molar-refractivity contribution in [2.24, 2.45) is 0 Å². The second kappa shape index (κ2) is 3.89. The van der Waals surface area contributed by atoms with Gasteiger partial charge in [-0.05, 0) is 11.6 Å². The number of halogens is 1. The molecule has 0 saturated carbocycles. The maximum atomic E-state index is 11.6. The van der Waals surface area contributed by atoms with Crippen molar-refractivity contribution in [1.82, 2.24) is 10.2 Å². The molecule has 0 spiro atoms. The molecule has 1 aromatic heterocycles. The van der Waals surface area contributed by atoms with E-state index in [1.807, 2.05) is 24.3 Å². The molecule has 0 radical (unpaired) electrons. The van der Waals surface area contributed by atoms with E-state index in [0.717, 1.165) is 11.1 Å². The van der Waals surface area contributed by atoms with Crippen LogP contribution in [0.2, 0.25) is 5.02 Å². The Morgan fingerprint density at radius 1 is 1.29 bits per heavy atom. The number of hydrogen-bond acceptors (Lipinski definition) is 2. The molecule has 0 aliphatic carbocycles. The summed E-state index contributed by atoms with van der Waals surface area (Å²) in [6, 6.07) is 7.59. The van der Waals surface area contributed by atoms with Gasteiger partial charge < -0.3 is 5.32 Å². The lowest BCUT2D eigenvalue weighted by molar-refractivity contribution is -0.116. The summed E-state index contributed by atoms with van der Waals surface area (Å²) in [7, 11) is 0. The van der Waals surface area contributed by atoms with Gasteiger partial charge >= 0.3 is 0 Å². The van der Waals surface area contributed by atoms with Crippen molar-refractivity contribution < 1.29 is 4.79 Å². The minimum absolute atomic E-state index is 0.0216. The van der Waals surface area contributed by atoms with Crippen LogP contribution in [0.25, 0.3) is 0 Å². The first-order chi connectivity index (χ1) is 8.25. The van der Waals surface area contributed by atoms with Crippen molar-refractivity contribution in [2.75, 3.05) is 5.32 Å². The van der Waals surface area contributed by atoms with Gasteiger partial charge in [0.25, 0.3) is 0 Å². The molecular weight excluding hydrogens is 238 g/mol. The number of fused-ring (bicyclic) bond motifs is 1. The summed E-state index contributed by atoms with van der Waals surface area (Å²) in [5.74, 6) is 0.629. The number of carbonyl (C=O) groups excluding carboxylic acids is 1. The van der Waals surface area contributed by atoms with Crippen LogP contribution in [0.15, 0.2) is 30.5 Å². The Bertz CT molecular complexity index is 579. The summed E-state index contributed by atoms with van der Waals surface area (Å²) < 4.78 is 0. The molecule has 1 aliphatic heterocycles. The highest BCUT2D eigenvalue weighted by molar-refractivity contribution is 6.31. The van der Waals surface area contributed by atoms with Gasteiger partial charge in [0.15, 0.2) is 0 Å². The Hall–Kier alpha value is -1.81. The molecule has 17 heavy (non-hydrogen) atoms. The Kier molecular flexibility index (Phi) is 2.37.